The molecule has 1 N–H and O–H groups in total. The molecule has 2 saturated heterocycles. The third kappa shape index (κ3) is 5.20. The number of nitrogens with one attached hydrogen (secondary N) is 1. The largest absolute Gasteiger partial charge is 0.341 e. The SMILES string of the molecule is CCC/C(C)=C1\CN(C)N(C(=O)NCc2ccc(C)cc2)C2CN(CC3=CC=CC3)C(=O)CN12. The summed E-state index contributed by atoms with van der Waals surface area (Å²) in [5, 5.41) is 6.91. The Hall–Kier alpha value is -3.06. The number of urea groups is 1. The van der Waals surface area contributed by atoms with Gasteiger partial charge < -0.3 is 15.1 Å². The van der Waals surface area contributed by atoms with Crippen LogP contribution in [0.15, 0.2) is 59.3 Å². The molecule has 0 aromatic heterocycles. The number of piperazine rings is 1. The van der Waals surface area contributed by atoms with Crippen LogP contribution in [0.1, 0.15) is 44.2 Å². The minimum absolute atomic E-state index is 0.121. The van der Waals surface area contributed by atoms with Crippen molar-refractivity contribution in [2.75, 3.05) is 33.2 Å². The van der Waals surface area contributed by atoms with Crippen LogP contribution in [-0.2, 0) is 11.3 Å². The number of aryl methyl sites for hydroxylation is 1. The van der Waals surface area contributed by atoms with Crippen LogP contribution in [0.4, 0.5) is 4.79 Å². The second-order valence-electron chi connectivity index (χ2n) is 9.62. The zero-order valence-electron chi connectivity index (χ0n) is 20.9. The van der Waals surface area contributed by atoms with Gasteiger partial charge in [0.05, 0.1) is 19.6 Å². The Kier molecular flexibility index (Phi) is 7.41. The number of carbonyl (C=O) groups is 2. The molecule has 1 atom stereocenters. The summed E-state index contributed by atoms with van der Waals surface area (Å²) in [6.45, 7) is 8.87. The zero-order valence-corrected chi connectivity index (χ0v) is 20.9. The minimum Gasteiger partial charge on any atom is -0.341 e. The molecule has 0 bridgehead atoms. The van der Waals surface area contributed by atoms with E-state index in [1.165, 1.54) is 22.4 Å². The Labute approximate surface area is 203 Å². The Morgan fingerprint density at radius 1 is 1.18 bits per heavy atom. The quantitative estimate of drug-likeness (QED) is 0.697. The predicted octanol–water partition coefficient (Wildman–Crippen LogP) is 3.80. The molecule has 2 heterocycles. The standard InChI is InChI=1S/C27H37N5O2/c1-5-8-21(3)24-17-29(4)32(27(34)28-15-22-13-11-20(2)12-14-22)25-18-30(26(33)19-31(24)25)16-23-9-6-7-10-23/h6-7,9,11-14,25H,5,8,10,15-19H2,1-4H3,(H,28,34)/b24-21+. The number of fused-ring (bicyclic) bond motifs is 1. The van der Waals surface area contributed by atoms with E-state index in [0.717, 1.165) is 24.8 Å². The summed E-state index contributed by atoms with van der Waals surface area (Å²) in [5.74, 6) is 0.121. The molecule has 2 fully saturated rings. The van der Waals surface area contributed by atoms with E-state index in [2.05, 4.69) is 55.3 Å². The van der Waals surface area contributed by atoms with Crippen molar-refractivity contribution in [2.45, 2.75) is 52.7 Å². The predicted molar refractivity (Wildman–Crippen MR) is 134 cm³/mol. The number of amides is 3. The first-order valence-corrected chi connectivity index (χ1v) is 12.3. The van der Waals surface area contributed by atoms with E-state index < -0.39 is 0 Å². The first kappa shape index (κ1) is 24.1. The second-order valence-corrected chi connectivity index (χ2v) is 9.62. The molecule has 4 rings (SSSR count). The highest BCUT2D eigenvalue weighted by molar-refractivity contribution is 5.81. The normalized spacial score (nSPS) is 22.1. The van der Waals surface area contributed by atoms with E-state index in [9.17, 15) is 9.59 Å². The number of carbonyl (C=O) groups excluding carboxylic acids is 2. The van der Waals surface area contributed by atoms with Gasteiger partial charge in [0, 0.05) is 25.8 Å². The van der Waals surface area contributed by atoms with Gasteiger partial charge in [0.25, 0.3) is 0 Å². The van der Waals surface area contributed by atoms with E-state index >= 15 is 0 Å². The third-order valence-corrected chi connectivity index (χ3v) is 6.91. The summed E-state index contributed by atoms with van der Waals surface area (Å²) >= 11 is 0. The summed E-state index contributed by atoms with van der Waals surface area (Å²) in [5.41, 5.74) is 5.97. The summed E-state index contributed by atoms with van der Waals surface area (Å²) < 4.78 is 0. The molecule has 2 aliphatic heterocycles. The number of allylic oxidation sites excluding steroid dienone is 4. The lowest BCUT2D eigenvalue weighted by Gasteiger charge is -2.54. The fourth-order valence-electron chi connectivity index (χ4n) is 5.01. The first-order valence-electron chi connectivity index (χ1n) is 12.3. The van der Waals surface area contributed by atoms with Gasteiger partial charge in [-0.2, -0.15) is 0 Å². The molecule has 0 spiro atoms. The maximum Gasteiger partial charge on any atom is 0.334 e. The molecule has 1 aromatic rings. The molecule has 3 amide bonds. The van der Waals surface area contributed by atoms with Crippen molar-refractivity contribution >= 4 is 11.9 Å². The summed E-state index contributed by atoms with van der Waals surface area (Å²) in [6, 6.07) is 8.06. The third-order valence-electron chi connectivity index (χ3n) is 6.91. The maximum absolute atomic E-state index is 13.4. The summed E-state index contributed by atoms with van der Waals surface area (Å²) in [6.07, 6.45) is 8.96. The van der Waals surface area contributed by atoms with Crippen LogP contribution in [-0.4, -0.2) is 71.1 Å². The topological polar surface area (TPSA) is 59.1 Å². The molecule has 3 aliphatic rings. The van der Waals surface area contributed by atoms with Gasteiger partial charge in [-0.15, -0.1) is 0 Å². The van der Waals surface area contributed by atoms with Crippen LogP contribution in [0, 0.1) is 6.92 Å². The van der Waals surface area contributed by atoms with Crippen LogP contribution in [0.25, 0.3) is 0 Å². The number of likely N-dealkylation sites (N-methyl/N-ethyl adjacent to an activating group) is 1. The second kappa shape index (κ2) is 10.5. The highest BCUT2D eigenvalue weighted by atomic mass is 16.2. The molecule has 34 heavy (non-hydrogen) atoms. The van der Waals surface area contributed by atoms with Crippen molar-refractivity contribution in [1.29, 1.82) is 0 Å². The fraction of sp³-hybridized carbons (Fsp3) is 0.481. The molecular weight excluding hydrogens is 426 g/mol. The number of rotatable bonds is 6. The Morgan fingerprint density at radius 2 is 1.94 bits per heavy atom. The first-order chi connectivity index (χ1) is 16.4. The van der Waals surface area contributed by atoms with Gasteiger partial charge in [0.2, 0.25) is 5.91 Å². The van der Waals surface area contributed by atoms with Gasteiger partial charge in [-0.1, -0.05) is 67.0 Å². The van der Waals surface area contributed by atoms with Crippen LogP contribution in [0.3, 0.4) is 0 Å². The lowest BCUT2D eigenvalue weighted by molar-refractivity contribution is -0.153. The van der Waals surface area contributed by atoms with Crippen LogP contribution >= 0.6 is 0 Å². The van der Waals surface area contributed by atoms with Crippen LogP contribution in [0.2, 0.25) is 0 Å². The van der Waals surface area contributed by atoms with Gasteiger partial charge in [0.1, 0.15) is 6.17 Å². The molecule has 1 aliphatic carbocycles. The highest BCUT2D eigenvalue weighted by Gasteiger charge is 2.44. The Balaban J connectivity index is 1.56. The molecule has 0 radical (unpaired) electrons. The average Bonchev–Trinajstić information content (AvgIpc) is 3.32. The molecule has 0 saturated carbocycles. The minimum atomic E-state index is -0.230. The van der Waals surface area contributed by atoms with Gasteiger partial charge in [0.15, 0.2) is 0 Å². The summed E-state index contributed by atoms with van der Waals surface area (Å²) in [7, 11) is 1.96. The maximum atomic E-state index is 13.4. The molecular formula is C27H37N5O2. The number of benzene rings is 1. The van der Waals surface area contributed by atoms with Crippen LogP contribution in [0.5, 0.6) is 0 Å². The Bertz CT molecular complexity index is 1010. The smallest absolute Gasteiger partial charge is 0.334 e. The van der Waals surface area contributed by atoms with Gasteiger partial charge in [-0.3, -0.25) is 4.79 Å². The van der Waals surface area contributed by atoms with Crippen molar-refractivity contribution < 1.29 is 9.59 Å². The number of hydrogen-bond donors (Lipinski definition) is 1. The van der Waals surface area contributed by atoms with Crippen molar-refractivity contribution in [2.24, 2.45) is 0 Å². The van der Waals surface area contributed by atoms with Crippen LogP contribution < -0.4 is 5.32 Å². The molecule has 1 unspecified atom stereocenters. The van der Waals surface area contributed by atoms with E-state index in [1.54, 1.807) is 5.01 Å². The summed E-state index contributed by atoms with van der Waals surface area (Å²) in [4.78, 5) is 30.7. The van der Waals surface area contributed by atoms with Crippen molar-refractivity contribution in [1.82, 2.24) is 25.1 Å². The van der Waals surface area contributed by atoms with Gasteiger partial charge in [-0.05, 0) is 37.8 Å². The molecule has 7 heteroatoms. The molecule has 1 aromatic carbocycles. The molecule has 7 nitrogen and oxygen atoms in total. The van der Waals surface area contributed by atoms with E-state index in [0.29, 0.717) is 32.7 Å². The lowest BCUT2D eigenvalue weighted by atomic mass is 10.0. The fourth-order valence-corrected chi connectivity index (χ4v) is 5.01. The number of hydrazine groups is 1. The van der Waals surface area contributed by atoms with Gasteiger partial charge in [-0.25, -0.2) is 14.8 Å². The van der Waals surface area contributed by atoms with E-state index in [-0.39, 0.29) is 18.1 Å². The molecule has 182 valence electrons. The van der Waals surface area contributed by atoms with Crippen molar-refractivity contribution in [3.05, 3.63) is 70.5 Å². The number of hydrogen-bond acceptors (Lipinski definition) is 4. The monoisotopic (exact) mass is 463 g/mol. The van der Waals surface area contributed by atoms with Crippen molar-refractivity contribution in [3.63, 3.8) is 0 Å². The van der Waals surface area contributed by atoms with Gasteiger partial charge >= 0.3 is 6.03 Å². The highest BCUT2D eigenvalue weighted by Crippen LogP contribution is 2.30. The van der Waals surface area contributed by atoms with E-state index in [1.807, 2.05) is 35.2 Å². The van der Waals surface area contributed by atoms with E-state index in [4.69, 9.17) is 0 Å². The Morgan fingerprint density at radius 3 is 2.62 bits per heavy atom. The van der Waals surface area contributed by atoms with Crippen molar-refractivity contribution in [3.8, 4) is 0 Å². The zero-order chi connectivity index (χ0) is 24.2. The lowest BCUT2D eigenvalue weighted by Crippen LogP contribution is -2.71. The average molecular weight is 464 g/mol. The number of nitrogens with zero attached hydrogens (tertiary/aromatic N) is 4.